The molecule has 1 aliphatic heterocycles. The number of carbonyl (C=O) groups excluding carboxylic acids is 1. The Morgan fingerprint density at radius 1 is 1.45 bits per heavy atom. The minimum absolute atomic E-state index is 0.146. The van der Waals surface area contributed by atoms with Crippen molar-refractivity contribution in [3.63, 3.8) is 0 Å². The highest BCUT2D eigenvalue weighted by Crippen LogP contribution is 2.26. The van der Waals surface area contributed by atoms with Crippen molar-refractivity contribution < 1.29 is 4.79 Å². The van der Waals surface area contributed by atoms with Crippen LogP contribution in [0.5, 0.6) is 0 Å². The van der Waals surface area contributed by atoms with Crippen LogP contribution in [-0.4, -0.2) is 28.4 Å². The minimum Gasteiger partial charge on any atom is -0.399 e. The molecule has 2 aromatic rings. The molecule has 1 amide bonds. The third-order valence-electron chi connectivity index (χ3n) is 4.30. The molecule has 1 aromatic heterocycles. The summed E-state index contributed by atoms with van der Waals surface area (Å²) in [4.78, 5) is 18.0. The number of fused-ring (bicyclic) bond motifs is 1. The normalized spacial score (nSPS) is 19.4. The summed E-state index contributed by atoms with van der Waals surface area (Å²) in [5.41, 5.74) is 8.18. The van der Waals surface area contributed by atoms with E-state index < -0.39 is 0 Å². The first-order valence-corrected chi connectivity index (χ1v) is 7.38. The summed E-state index contributed by atoms with van der Waals surface area (Å²) in [6, 6.07) is 6.04. The number of hydrogen-bond donors (Lipinski definition) is 2. The number of H-pyrrole nitrogens is 1. The molecule has 0 spiro atoms. The van der Waals surface area contributed by atoms with E-state index in [0.717, 1.165) is 42.3 Å². The molecule has 0 radical (unpaired) electrons. The number of aromatic amines is 1. The molecule has 20 heavy (non-hydrogen) atoms. The van der Waals surface area contributed by atoms with Crippen LogP contribution < -0.4 is 5.73 Å². The van der Waals surface area contributed by atoms with E-state index in [2.05, 4.69) is 11.9 Å². The number of carbonyl (C=O) groups is 1. The summed E-state index contributed by atoms with van der Waals surface area (Å²) in [6.45, 7) is 3.03. The number of nitrogens with one attached hydrogen (secondary N) is 1. The van der Waals surface area contributed by atoms with Gasteiger partial charge in [0.15, 0.2) is 0 Å². The molecule has 106 valence electrons. The number of hydrogen-bond acceptors (Lipinski definition) is 2. The number of nitrogen functional groups attached to an aromatic ring is 1. The predicted molar refractivity (Wildman–Crippen MR) is 81.7 cm³/mol. The summed E-state index contributed by atoms with van der Waals surface area (Å²) < 4.78 is 0. The molecule has 1 saturated heterocycles. The summed E-state index contributed by atoms with van der Waals surface area (Å²) in [6.07, 6.45) is 6.30. The number of amides is 1. The maximum absolute atomic E-state index is 12.8. The highest BCUT2D eigenvalue weighted by Gasteiger charge is 2.27. The van der Waals surface area contributed by atoms with Gasteiger partial charge < -0.3 is 15.6 Å². The Hall–Kier alpha value is -1.97. The highest BCUT2D eigenvalue weighted by atomic mass is 16.2. The van der Waals surface area contributed by atoms with Crippen LogP contribution >= 0.6 is 0 Å². The lowest BCUT2D eigenvalue weighted by Crippen LogP contribution is -2.43. The van der Waals surface area contributed by atoms with Gasteiger partial charge in [-0.25, -0.2) is 0 Å². The summed E-state index contributed by atoms with van der Waals surface area (Å²) in [5.74, 6) is 0.146. The van der Waals surface area contributed by atoms with Gasteiger partial charge >= 0.3 is 0 Å². The van der Waals surface area contributed by atoms with E-state index >= 15 is 0 Å². The SMILES string of the molecule is CCC1CCCCN1C(=O)c1c[nH]c2cc(N)ccc12. The van der Waals surface area contributed by atoms with Gasteiger partial charge in [0.05, 0.1) is 5.56 Å². The van der Waals surface area contributed by atoms with Crippen LogP contribution in [0.15, 0.2) is 24.4 Å². The molecule has 1 aliphatic rings. The number of anilines is 1. The van der Waals surface area contributed by atoms with Crippen LogP contribution in [0.2, 0.25) is 0 Å². The zero-order valence-electron chi connectivity index (χ0n) is 11.9. The quantitative estimate of drug-likeness (QED) is 0.824. The Morgan fingerprint density at radius 2 is 2.30 bits per heavy atom. The number of nitrogens with zero attached hydrogens (tertiary/aromatic N) is 1. The lowest BCUT2D eigenvalue weighted by atomic mass is 9.99. The molecular formula is C16H21N3O. The van der Waals surface area contributed by atoms with Crippen molar-refractivity contribution in [1.29, 1.82) is 0 Å². The molecule has 1 fully saturated rings. The Morgan fingerprint density at radius 3 is 3.10 bits per heavy atom. The van der Waals surface area contributed by atoms with Crippen molar-refractivity contribution in [3.8, 4) is 0 Å². The molecule has 3 N–H and O–H groups in total. The second kappa shape index (κ2) is 5.19. The van der Waals surface area contributed by atoms with Crippen LogP contribution in [0.1, 0.15) is 43.0 Å². The number of benzene rings is 1. The second-order valence-corrected chi connectivity index (χ2v) is 5.56. The standard InChI is InChI=1S/C16H21N3O/c1-2-12-5-3-4-8-19(12)16(20)14-10-18-15-9-11(17)6-7-13(14)15/h6-7,9-10,12,18H,2-5,8,17H2,1H3. The van der Waals surface area contributed by atoms with E-state index in [9.17, 15) is 4.79 Å². The number of likely N-dealkylation sites (tertiary alicyclic amines) is 1. The smallest absolute Gasteiger partial charge is 0.256 e. The molecule has 1 aromatic carbocycles. The molecule has 4 nitrogen and oxygen atoms in total. The van der Waals surface area contributed by atoms with Crippen molar-refractivity contribution in [2.75, 3.05) is 12.3 Å². The average Bonchev–Trinajstić information content (AvgIpc) is 2.89. The average molecular weight is 271 g/mol. The summed E-state index contributed by atoms with van der Waals surface area (Å²) in [7, 11) is 0. The highest BCUT2D eigenvalue weighted by molar-refractivity contribution is 6.07. The van der Waals surface area contributed by atoms with Gasteiger partial charge in [-0.2, -0.15) is 0 Å². The minimum atomic E-state index is 0.146. The molecule has 4 heteroatoms. The number of aromatic nitrogens is 1. The van der Waals surface area contributed by atoms with Crippen LogP contribution in [0, 0.1) is 0 Å². The molecular weight excluding hydrogens is 250 g/mol. The van der Waals surface area contributed by atoms with Gasteiger partial charge in [-0.3, -0.25) is 4.79 Å². The van der Waals surface area contributed by atoms with Gasteiger partial charge in [0.2, 0.25) is 0 Å². The lowest BCUT2D eigenvalue weighted by Gasteiger charge is -2.35. The van der Waals surface area contributed by atoms with Crippen molar-refractivity contribution in [2.45, 2.75) is 38.6 Å². The van der Waals surface area contributed by atoms with Gasteiger partial charge in [-0.1, -0.05) is 6.92 Å². The largest absolute Gasteiger partial charge is 0.399 e. The number of nitrogens with two attached hydrogens (primary N) is 1. The molecule has 0 saturated carbocycles. The van der Waals surface area contributed by atoms with Gasteiger partial charge in [0.1, 0.15) is 0 Å². The second-order valence-electron chi connectivity index (χ2n) is 5.56. The van der Waals surface area contributed by atoms with Crippen LogP contribution in [0.4, 0.5) is 5.69 Å². The van der Waals surface area contributed by atoms with Gasteiger partial charge in [-0.05, 0) is 43.9 Å². The van der Waals surface area contributed by atoms with E-state index in [1.54, 1.807) is 0 Å². The Balaban J connectivity index is 1.95. The Kier molecular flexibility index (Phi) is 3.38. The first-order chi connectivity index (χ1) is 9.70. The molecule has 1 unspecified atom stereocenters. The first kappa shape index (κ1) is 13.0. The third-order valence-corrected chi connectivity index (χ3v) is 4.30. The van der Waals surface area contributed by atoms with E-state index in [-0.39, 0.29) is 5.91 Å². The van der Waals surface area contributed by atoms with Crippen LogP contribution in [0.3, 0.4) is 0 Å². The topological polar surface area (TPSA) is 62.1 Å². The van der Waals surface area contributed by atoms with Crippen molar-refractivity contribution in [1.82, 2.24) is 9.88 Å². The number of piperidine rings is 1. The third kappa shape index (κ3) is 2.15. The van der Waals surface area contributed by atoms with E-state index in [0.29, 0.717) is 11.7 Å². The maximum Gasteiger partial charge on any atom is 0.256 e. The fourth-order valence-electron chi connectivity index (χ4n) is 3.17. The van der Waals surface area contributed by atoms with Crippen LogP contribution in [0.25, 0.3) is 10.9 Å². The van der Waals surface area contributed by atoms with E-state index in [1.165, 1.54) is 6.42 Å². The van der Waals surface area contributed by atoms with Gasteiger partial charge in [-0.15, -0.1) is 0 Å². The zero-order valence-corrected chi connectivity index (χ0v) is 11.9. The fourth-order valence-corrected chi connectivity index (χ4v) is 3.17. The fraction of sp³-hybridized carbons (Fsp3) is 0.438. The summed E-state index contributed by atoms with van der Waals surface area (Å²) in [5, 5.41) is 0.963. The molecule has 0 aliphatic carbocycles. The van der Waals surface area contributed by atoms with Crippen LogP contribution in [-0.2, 0) is 0 Å². The maximum atomic E-state index is 12.8. The molecule has 0 bridgehead atoms. The predicted octanol–water partition coefficient (Wildman–Crippen LogP) is 3.15. The molecule has 1 atom stereocenters. The van der Waals surface area contributed by atoms with E-state index in [1.807, 2.05) is 29.3 Å². The van der Waals surface area contributed by atoms with Gasteiger partial charge in [0.25, 0.3) is 5.91 Å². The molecule has 2 heterocycles. The van der Waals surface area contributed by atoms with Crippen molar-refractivity contribution >= 4 is 22.5 Å². The zero-order chi connectivity index (χ0) is 14.1. The van der Waals surface area contributed by atoms with Gasteiger partial charge in [0, 0.05) is 35.4 Å². The first-order valence-electron chi connectivity index (χ1n) is 7.38. The van der Waals surface area contributed by atoms with Crippen molar-refractivity contribution in [3.05, 3.63) is 30.0 Å². The lowest BCUT2D eigenvalue weighted by molar-refractivity contribution is 0.0610. The van der Waals surface area contributed by atoms with Crippen molar-refractivity contribution in [2.24, 2.45) is 0 Å². The Bertz CT molecular complexity index is 632. The molecule has 3 rings (SSSR count). The monoisotopic (exact) mass is 271 g/mol. The number of rotatable bonds is 2. The Labute approximate surface area is 118 Å². The summed E-state index contributed by atoms with van der Waals surface area (Å²) >= 11 is 0. The van der Waals surface area contributed by atoms with E-state index in [4.69, 9.17) is 5.73 Å².